The van der Waals surface area contributed by atoms with Gasteiger partial charge in [0.1, 0.15) is 0 Å². The molecule has 0 N–H and O–H groups in total. The van der Waals surface area contributed by atoms with Crippen molar-refractivity contribution in [2.45, 2.75) is 31.7 Å². The van der Waals surface area contributed by atoms with E-state index >= 15 is 0 Å². The van der Waals surface area contributed by atoms with E-state index in [-0.39, 0.29) is 46.4 Å². The van der Waals surface area contributed by atoms with Gasteiger partial charge in [0.15, 0.2) is 5.90 Å². The van der Waals surface area contributed by atoms with E-state index in [0.29, 0.717) is 12.3 Å². The Kier molecular flexibility index (Phi) is 2.83. The van der Waals surface area contributed by atoms with Crippen molar-refractivity contribution in [3.8, 4) is 0 Å². The maximum atomic E-state index is 13.5. The summed E-state index contributed by atoms with van der Waals surface area (Å²) in [5.41, 5.74) is 0.271. The highest BCUT2D eigenvalue weighted by Crippen LogP contribution is 2.74. The van der Waals surface area contributed by atoms with Gasteiger partial charge in [-0.25, -0.2) is 4.99 Å². The van der Waals surface area contributed by atoms with Gasteiger partial charge in [-0.1, -0.05) is 30.4 Å². The molecule has 6 aliphatic rings. The van der Waals surface area contributed by atoms with Crippen LogP contribution in [0.2, 0.25) is 0 Å². The molecule has 0 unspecified atom stereocenters. The average molecular weight is 362 g/mol. The third-order valence-corrected chi connectivity index (χ3v) is 7.70. The molecule has 0 aromatic heterocycles. The molecule has 4 aliphatic carbocycles. The normalized spacial score (nSPS) is 43.1. The molecule has 1 aromatic rings. The Morgan fingerprint density at radius 2 is 1.78 bits per heavy atom. The maximum absolute atomic E-state index is 13.5. The standard InChI is InChI=1S/C22H22N2O3/c1-2-27-20-21-11-6-12-22(21,23-20)15-10-9-14(21)16-17(15)19(26)24(18(16)25)13-7-4-3-5-8-13/h3-5,7-10,14-17H,2,6,11-12H2,1H3/t14-,15-,16-,17-,21+,22+/m1/s1. The first-order chi connectivity index (χ1) is 13.2. The zero-order valence-electron chi connectivity index (χ0n) is 15.3. The number of anilines is 1. The lowest BCUT2D eigenvalue weighted by Crippen LogP contribution is -2.72. The van der Waals surface area contributed by atoms with Gasteiger partial charge < -0.3 is 4.74 Å². The summed E-state index contributed by atoms with van der Waals surface area (Å²) in [6.07, 6.45) is 7.46. The first kappa shape index (κ1) is 15.6. The Bertz CT molecular complexity index is 923. The van der Waals surface area contributed by atoms with Crippen LogP contribution in [-0.2, 0) is 14.3 Å². The highest BCUT2D eigenvalue weighted by atomic mass is 16.5. The molecule has 2 bridgehead atoms. The van der Waals surface area contributed by atoms with Gasteiger partial charge in [0.25, 0.3) is 0 Å². The van der Waals surface area contributed by atoms with Crippen LogP contribution in [0.4, 0.5) is 5.69 Å². The summed E-state index contributed by atoms with van der Waals surface area (Å²) in [5, 5.41) is 0. The molecule has 2 saturated carbocycles. The van der Waals surface area contributed by atoms with Gasteiger partial charge in [0.2, 0.25) is 11.8 Å². The molecule has 0 spiro atoms. The summed E-state index contributed by atoms with van der Waals surface area (Å²) in [6.45, 7) is 2.57. The molecule has 5 nitrogen and oxygen atoms in total. The third-order valence-electron chi connectivity index (χ3n) is 7.70. The minimum Gasteiger partial charge on any atom is -0.481 e. The minimum absolute atomic E-state index is 0.00404. The summed E-state index contributed by atoms with van der Waals surface area (Å²) >= 11 is 0. The zero-order valence-corrected chi connectivity index (χ0v) is 15.3. The molecule has 1 saturated heterocycles. The highest BCUT2D eigenvalue weighted by Gasteiger charge is 2.80. The van der Waals surface area contributed by atoms with Gasteiger partial charge in [-0.2, -0.15) is 0 Å². The van der Waals surface area contributed by atoms with Crippen molar-refractivity contribution in [1.82, 2.24) is 0 Å². The van der Waals surface area contributed by atoms with E-state index in [1.165, 1.54) is 4.90 Å². The van der Waals surface area contributed by atoms with Crippen molar-refractivity contribution in [3.05, 3.63) is 42.5 Å². The Labute approximate surface area is 158 Å². The molecule has 138 valence electrons. The van der Waals surface area contributed by atoms with Crippen LogP contribution in [0.25, 0.3) is 0 Å². The number of nitrogens with zero attached hydrogens (tertiary/aromatic N) is 2. The summed E-state index contributed by atoms with van der Waals surface area (Å²) in [5.74, 6) is 0.177. The van der Waals surface area contributed by atoms with Crippen LogP contribution in [0.5, 0.6) is 0 Å². The molecule has 2 aliphatic heterocycles. The van der Waals surface area contributed by atoms with Crippen LogP contribution in [-0.4, -0.2) is 29.9 Å². The number of rotatable bonds is 2. The highest BCUT2D eigenvalue weighted by molar-refractivity contribution is 6.23. The number of amides is 2. The Hall–Kier alpha value is -2.43. The molecule has 3 fully saturated rings. The fourth-order valence-electron chi connectivity index (χ4n) is 6.89. The number of ether oxygens (including phenoxy) is 1. The van der Waals surface area contributed by atoms with E-state index in [0.717, 1.165) is 25.2 Å². The number of para-hydroxylation sites is 1. The van der Waals surface area contributed by atoms with Crippen molar-refractivity contribution in [2.24, 2.45) is 34.1 Å². The van der Waals surface area contributed by atoms with E-state index in [1.54, 1.807) is 0 Å². The lowest BCUT2D eigenvalue weighted by atomic mass is 9.42. The van der Waals surface area contributed by atoms with E-state index in [4.69, 9.17) is 9.73 Å². The number of imide groups is 1. The number of allylic oxidation sites excluding steroid dienone is 1. The largest absolute Gasteiger partial charge is 0.481 e. The van der Waals surface area contributed by atoms with Crippen LogP contribution in [0, 0.1) is 29.1 Å². The first-order valence-corrected chi connectivity index (χ1v) is 10.00. The smallest absolute Gasteiger partial charge is 0.238 e. The minimum atomic E-state index is -0.287. The Balaban J connectivity index is 1.49. The molecule has 6 atom stereocenters. The predicted molar refractivity (Wildman–Crippen MR) is 100 cm³/mol. The van der Waals surface area contributed by atoms with E-state index < -0.39 is 0 Å². The quantitative estimate of drug-likeness (QED) is 0.600. The summed E-state index contributed by atoms with van der Waals surface area (Å²) in [6, 6.07) is 9.33. The van der Waals surface area contributed by atoms with Crippen LogP contribution < -0.4 is 4.90 Å². The van der Waals surface area contributed by atoms with Crippen molar-refractivity contribution in [1.29, 1.82) is 0 Å². The van der Waals surface area contributed by atoms with Crippen LogP contribution in [0.15, 0.2) is 47.5 Å². The third kappa shape index (κ3) is 1.50. The van der Waals surface area contributed by atoms with Crippen LogP contribution in [0.3, 0.4) is 0 Å². The lowest BCUT2D eigenvalue weighted by molar-refractivity contribution is -0.135. The second-order valence-electron chi connectivity index (χ2n) is 8.43. The van der Waals surface area contributed by atoms with Gasteiger partial charge in [-0.15, -0.1) is 0 Å². The van der Waals surface area contributed by atoms with Gasteiger partial charge in [0, 0.05) is 11.8 Å². The maximum Gasteiger partial charge on any atom is 0.238 e. The molecule has 5 heteroatoms. The average Bonchev–Trinajstić information content (AvgIpc) is 3.16. The second-order valence-corrected chi connectivity index (χ2v) is 8.43. The topological polar surface area (TPSA) is 59.0 Å². The molecule has 1 aromatic carbocycles. The van der Waals surface area contributed by atoms with Crippen molar-refractivity contribution in [3.63, 3.8) is 0 Å². The first-order valence-electron chi connectivity index (χ1n) is 10.00. The number of hydrogen-bond donors (Lipinski definition) is 0. The van der Waals surface area contributed by atoms with E-state index in [9.17, 15) is 9.59 Å². The Morgan fingerprint density at radius 1 is 1.07 bits per heavy atom. The molecule has 7 rings (SSSR count). The number of carbonyl (C=O) groups is 2. The van der Waals surface area contributed by atoms with Gasteiger partial charge >= 0.3 is 0 Å². The van der Waals surface area contributed by atoms with E-state index in [1.807, 2.05) is 37.3 Å². The summed E-state index contributed by atoms with van der Waals surface area (Å²) in [7, 11) is 0. The van der Waals surface area contributed by atoms with Crippen LogP contribution >= 0.6 is 0 Å². The fraction of sp³-hybridized carbons (Fsp3) is 0.500. The summed E-state index contributed by atoms with van der Waals surface area (Å²) < 4.78 is 5.93. The van der Waals surface area contributed by atoms with Gasteiger partial charge in [-0.05, 0) is 38.3 Å². The van der Waals surface area contributed by atoms with Crippen LogP contribution in [0.1, 0.15) is 26.2 Å². The van der Waals surface area contributed by atoms with Gasteiger partial charge in [0.05, 0.1) is 35.1 Å². The fourth-order valence-corrected chi connectivity index (χ4v) is 6.89. The molecule has 2 heterocycles. The molecular formula is C22H22N2O3. The monoisotopic (exact) mass is 362 g/mol. The summed E-state index contributed by atoms with van der Waals surface area (Å²) in [4.78, 5) is 33.3. The van der Waals surface area contributed by atoms with Crippen molar-refractivity contribution >= 4 is 23.4 Å². The SMILES string of the molecule is CCOC1=N[C@]23CCC[C@]12[C@@H]1C=C[C@@H]3[C@H]2C(=O)N(c3ccccc3)C(=O)[C@@H]21. The molecule has 0 radical (unpaired) electrons. The Morgan fingerprint density at radius 3 is 2.52 bits per heavy atom. The number of carbonyl (C=O) groups excluding carboxylic acids is 2. The van der Waals surface area contributed by atoms with Crippen molar-refractivity contribution in [2.75, 3.05) is 11.5 Å². The number of hydrogen-bond acceptors (Lipinski definition) is 4. The van der Waals surface area contributed by atoms with Gasteiger partial charge in [-0.3, -0.25) is 14.5 Å². The second kappa shape index (κ2) is 4.89. The van der Waals surface area contributed by atoms with E-state index in [2.05, 4.69) is 12.2 Å². The molecule has 27 heavy (non-hydrogen) atoms. The molecule has 2 amide bonds. The zero-order chi connectivity index (χ0) is 18.4. The number of aliphatic imine (C=N–C) groups is 1. The molecular weight excluding hydrogens is 340 g/mol. The van der Waals surface area contributed by atoms with Crippen molar-refractivity contribution < 1.29 is 14.3 Å². The predicted octanol–water partition coefficient (Wildman–Crippen LogP) is 2.97. The number of benzene rings is 1. The lowest BCUT2D eigenvalue weighted by Gasteiger charge is -2.64.